The molecule has 9 aromatic rings. The fourth-order valence-electron chi connectivity index (χ4n) is 8.64. The minimum atomic E-state index is -0.114. The number of benzene rings is 7. The summed E-state index contributed by atoms with van der Waals surface area (Å²) in [5.41, 5.74) is 15.4. The van der Waals surface area contributed by atoms with E-state index in [1.807, 2.05) is 12.3 Å². The first-order chi connectivity index (χ1) is 28.6. The predicted octanol–water partition coefficient (Wildman–Crippen LogP) is 15.6. The van der Waals surface area contributed by atoms with Gasteiger partial charge >= 0.3 is 0 Å². The standard InChI is InChI=1S/C56H53N3S/c1-54(2,3)40-27-28-47(44(33-40)35-18-11-10-12-19-35)59-48-26-16-25-43(49-42-24-14-13-20-37(42)32-46(52(49)60)56(7,8)9)51(48)58-53(59)39-22-15-21-36(30-39)45-34-41(55(4,5)6)31-38-23-17-29-57-50(38)45/h10-34,60H,1-9H3. The quantitative estimate of drug-likeness (QED) is 0.176. The van der Waals surface area contributed by atoms with E-state index in [1.54, 1.807) is 0 Å². The van der Waals surface area contributed by atoms with E-state index in [0.717, 1.165) is 77.3 Å². The van der Waals surface area contributed by atoms with Gasteiger partial charge < -0.3 is 0 Å². The number of rotatable bonds is 5. The number of aromatic nitrogens is 3. The molecule has 7 aromatic carbocycles. The van der Waals surface area contributed by atoms with E-state index in [0.29, 0.717) is 0 Å². The summed E-state index contributed by atoms with van der Waals surface area (Å²) in [4.78, 5) is 11.7. The molecule has 60 heavy (non-hydrogen) atoms. The van der Waals surface area contributed by atoms with E-state index in [4.69, 9.17) is 22.6 Å². The number of imidazole rings is 1. The molecule has 0 amide bonds. The van der Waals surface area contributed by atoms with Crippen LogP contribution in [0.4, 0.5) is 0 Å². The van der Waals surface area contributed by atoms with Crippen LogP contribution in [-0.2, 0) is 16.2 Å². The van der Waals surface area contributed by atoms with Crippen molar-refractivity contribution in [3.63, 3.8) is 0 Å². The molecule has 0 spiro atoms. The molecule has 0 saturated heterocycles. The smallest absolute Gasteiger partial charge is 0.145 e. The molecule has 0 radical (unpaired) electrons. The first kappa shape index (κ1) is 39.5. The zero-order valence-electron chi connectivity index (χ0n) is 36.2. The van der Waals surface area contributed by atoms with Crippen molar-refractivity contribution in [3.8, 4) is 50.5 Å². The van der Waals surface area contributed by atoms with Crippen LogP contribution < -0.4 is 0 Å². The van der Waals surface area contributed by atoms with Crippen molar-refractivity contribution >= 4 is 45.3 Å². The lowest BCUT2D eigenvalue weighted by atomic mass is 9.83. The van der Waals surface area contributed by atoms with Gasteiger partial charge in [0.25, 0.3) is 0 Å². The van der Waals surface area contributed by atoms with Crippen LogP contribution in [0.1, 0.15) is 79.0 Å². The Hall–Kier alpha value is -5.97. The molecule has 0 aliphatic rings. The highest BCUT2D eigenvalue weighted by molar-refractivity contribution is 7.80. The number of nitrogens with zero attached hydrogens (tertiary/aromatic N) is 3. The lowest BCUT2D eigenvalue weighted by Crippen LogP contribution is -2.13. The Balaban J connectivity index is 1.38. The number of hydrogen-bond acceptors (Lipinski definition) is 3. The van der Waals surface area contributed by atoms with Gasteiger partial charge in [-0.25, -0.2) is 4.98 Å². The van der Waals surface area contributed by atoms with Crippen LogP contribution in [-0.4, -0.2) is 14.5 Å². The summed E-state index contributed by atoms with van der Waals surface area (Å²) in [5, 5.41) is 3.50. The first-order valence-corrected chi connectivity index (χ1v) is 21.5. The highest BCUT2D eigenvalue weighted by atomic mass is 32.1. The molecule has 0 saturated carbocycles. The summed E-state index contributed by atoms with van der Waals surface area (Å²) < 4.78 is 2.39. The Morgan fingerprint density at radius 2 is 1.15 bits per heavy atom. The number of fused-ring (bicyclic) bond motifs is 3. The lowest BCUT2D eigenvalue weighted by Gasteiger charge is -2.25. The van der Waals surface area contributed by atoms with Crippen molar-refractivity contribution in [2.75, 3.05) is 0 Å². The van der Waals surface area contributed by atoms with Crippen LogP contribution in [0, 0.1) is 0 Å². The largest absolute Gasteiger partial charge is 0.292 e. The van der Waals surface area contributed by atoms with Crippen molar-refractivity contribution in [3.05, 3.63) is 168 Å². The van der Waals surface area contributed by atoms with Gasteiger partial charge in [-0.1, -0.05) is 159 Å². The minimum Gasteiger partial charge on any atom is -0.292 e. The Morgan fingerprint density at radius 3 is 1.90 bits per heavy atom. The second kappa shape index (κ2) is 14.6. The molecule has 298 valence electrons. The molecule has 4 heteroatoms. The van der Waals surface area contributed by atoms with Gasteiger partial charge in [0.05, 0.1) is 22.2 Å². The van der Waals surface area contributed by atoms with Gasteiger partial charge in [-0.2, -0.15) is 0 Å². The molecule has 0 aliphatic carbocycles. The van der Waals surface area contributed by atoms with Crippen LogP contribution in [0.2, 0.25) is 0 Å². The normalized spacial score (nSPS) is 12.5. The fraction of sp³-hybridized carbons (Fsp3) is 0.214. The number of hydrogen-bond donors (Lipinski definition) is 1. The summed E-state index contributed by atoms with van der Waals surface area (Å²) in [6.45, 7) is 20.5. The number of pyridine rings is 1. The second-order valence-electron chi connectivity index (χ2n) is 19.3. The molecular weight excluding hydrogens is 747 g/mol. The molecule has 2 heterocycles. The van der Waals surface area contributed by atoms with E-state index >= 15 is 0 Å². The van der Waals surface area contributed by atoms with Crippen molar-refractivity contribution in [1.82, 2.24) is 14.5 Å². The molecule has 0 N–H and O–H groups in total. The van der Waals surface area contributed by atoms with Crippen LogP contribution in [0.25, 0.3) is 83.2 Å². The van der Waals surface area contributed by atoms with E-state index in [-0.39, 0.29) is 16.2 Å². The highest BCUT2D eigenvalue weighted by Crippen LogP contribution is 2.46. The van der Waals surface area contributed by atoms with Gasteiger partial charge in [0.15, 0.2) is 0 Å². The monoisotopic (exact) mass is 799 g/mol. The molecule has 0 bridgehead atoms. The average molecular weight is 800 g/mol. The van der Waals surface area contributed by atoms with Crippen molar-refractivity contribution in [2.45, 2.75) is 83.5 Å². The van der Waals surface area contributed by atoms with Crippen LogP contribution in [0.15, 0.2) is 157 Å². The highest BCUT2D eigenvalue weighted by Gasteiger charge is 2.27. The molecule has 0 fully saturated rings. The minimum absolute atomic E-state index is 0.0336. The third-order valence-corrected chi connectivity index (χ3v) is 12.4. The van der Waals surface area contributed by atoms with E-state index < -0.39 is 0 Å². The molecular formula is C56H53N3S. The molecule has 3 nitrogen and oxygen atoms in total. The van der Waals surface area contributed by atoms with Crippen LogP contribution >= 0.6 is 12.6 Å². The predicted molar refractivity (Wildman–Crippen MR) is 259 cm³/mol. The van der Waals surface area contributed by atoms with Crippen LogP contribution in [0.3, 0.4) is 0 Å². The maximum atomic E-state index is 5.75. The first-order valence-electron chi connectivity index (χ1n) is 21.1. The summed E-state index contributed by atoms with van der Waals surface area (Å²) in [7, 11) is 0. The molecule has 2 aromatic heterocycles. The van der Waals surface area contributed by atoms with Crippen molar-refractivity contribution in [2.24, 2.45) is 0 Å². The van der Waals surface area contributed by atoms with Gasteiger partial charge in [0.1, 0.15) is 5.82 Å². The topological polar surface area (TPSA) is 30.7 Å². The van der Waals surface area contributed by atoms with Gasteiger partial charge in [-0.3, -0.25) is 9.55 Å². The maximum absolute atomic E-state index is 5.75. The van der Waals surface area contributed by atoms with Crippen molar-refractivity contribution < 1.29 is 0 Å². The summed E-state index contributed by atoms with van der Waals surface area (Å²) in [6, 6.07) is 53.1. The SMILES string of the molecule is CC(C)(C)c1ccc(-n2c(-c3cccc(-c4cc(C(C)(C)C)cc5cccnc45)c3)nc3c(-c4c(S)c(C(C)(C)C)cc5ccccc45)cccc32)c(-c2ccccc2)c1. The second-order valence-corrected chi connectivity index (χ2v) is 19.8. The van der Waals surface area contributed by atoms with Gasteiger partial charge in [0, 0.05) is 44.3 Å². The molecule has 0 aliphatic heterocycles. The van der Waals surface area contributed by atoms with E-state index in [2.05, 4.69) is 206 Å². The van der Waals surface area contributed by atoms with E-state index in [1.165, 1.54) is 27.5 Å². The Labute approximate surface area is 360 Å². The molecule has 9 rings (SSSR count). The third-order valence-electron chi connectivity index (χ3n) is 12.0. The Kier molecular flexibility index (Phi) is 9.63. The lowest BCUT2D eigenvalue weighted by molar-refractivity contribution is 0.580. The fourth-order valence-corrected chi connectivity index (χ4v) is 9.28. The molecule has 0 unspecified atom stereocenters. The Bertz CT molecular complexity index is 3100. The summed E-state index contributed by atoms with van der Waals surface area (Å²) in [5.74, 6) is 0.876. The zero-order chi connectivity index (χ0) is 42.1. The summed E-state index contributed by atoms with van der Waals surface area (Å²) >= 11 is 5.36. The van der Waals surface area contributed by atoms with Gasteiger partial charge in [-0.15, -0.1) is 12.6 Å². The number of para-hydroxylation sites is 1. The Morgan fingerprint density at radius 1 is 0.483 bits per heavy atom. The maximum Gasteiger partial charge on any atom is 0.145 e. The van der Waals surface area contributed by atoms with Gasteiger partial charge in [-0.05, 0) is 103 Å². The van der Waals surface area contributed by atoms with Crippen LogP contribution in [0.5, 0.6) is 0 Å². The summed E-state index contributed by atoms with van der Waals surface area (Å²) in [6.07, 6.45) is 1.90. The number of thiol groups is 1. The van der Waals surface area contributed by atoms with Gasteiger partial charge in [0.2, 0.25) is 0 Å². The molecule has 0 atom stereocenters. The van der Waals surface area contributed by atoms with E-state index in [9.17, 15) is 0 Å². The zero-order valence-corrected chi connectivity index (χ0v) is 37.1. The van der Waals surface area contributed by atoms with Crippen molar-refractivity contribution in [1.29, 1.82) is 0 Å². The average Bonchev–Trinajstić information content (AvgIpc) is 3.62. The third kappa shape index (κ3) is 7.01.